The van der Waals surface area contributed by atoms with Crippen molar-refractivity contribution < 1.29 is 52.3 Å². The third-order valence-corrected chi connectivity index (χ3v) is 13.8. The van der Waals surface area contributed by atoms with Crippen molar-refractivity contribution in [1.29, 1.82) is 0 Å². The second-order valence-corrected chi connectivity index (χ2v) is 19.2. The second kappa shape index (κ2) is 23.1. The van der Waals surface area contributed by atoms with Gasteiger partial charge in [-0.2, -0.15) is 0 Å². The van der Waals surface area contributed by atoms with Crippen LogP contribution in [0, 0.1) is 29.5 Å². The monoisotopic (exact) mass is 940 g/mol. The van der Waals surface area contributed by atoms with E-state index in [9.17, 15) is 19.1 Å². The van der Waals surface area contributed by atoms with Gasteiger partial charge in [-0.3, -0.25) is 14.4 Å². The number of nitrogens with zero attached hydrogens (tertiary/aromatic N) is 5. The average molecular weight is 940 g/mol. The molecule has 17 nitrogen and oxygen atoms in total. The van der Waals surface area contributed by atoms with Gasteiger partial charge in [-0.1, -0.05) is 33.8 Å². The maximum Gasteiger partial charge on any atom is 0.312 e. The zero-order valence-electron chi connectivity index (χ0n) is 41.3. The molecule has 0 radical (unpaired) electrons. The Morgan fingerprint density at radius 3 is 2.40 bits per heavy atom. The maximum absolute atomic E-state index is 15.0. The number of aryl methyl sites for hydroxylation is 1. The van der Waals surface area contributed by atoms with E-state index in [0.717, 1.165) is 12.0 Å². The van der Waals surface area contributed by atoms with Crippen molar-refractivity contribution in [2.45, 2.75) is 161 Å². The molecule has 67 heavy (non-hydrogen) atoms. The molecule has 3 aromatic rings. The van der Waals surface area contributed by atoms with Crippen LogP contribution in [0.25, 0.3) is 11.3 Å². The number of aliphatic hydroxyl groups excluding tert-OH is 1. The normalized spacial score (nSPS) is 33.5. The van der Waals surface area contributed by atoms with E-state index < -0.39 is 89.4 Å². The zero-order valence-corrected chi connectivity index (χ0v) is 41.3. The summed E-state index contributed by atoms with van der Waals surface area (Å²) >= 11 is 0. The summed E-state index contributed by atoms with van der Waals surface area (Å²) in [4.78, 5) is 57.4. The fourth-order valence-corrected chi connectivity index (χ4v) is 10.1. The molecule has 0 amide bonds. The van der Waals surface area contributed by atoms with Crippen molar-refractivity contribution in [2.24, 2.45) is 23.7 Å². The number of ketones is 1. The molecule has 0 spiro atoms. The van der Waals surface area contributed by atoms with Crippen LogP contribution >= 0.6 is 0 Å². The number of cyclic esters (lactones) is 1. The summed E-state index contributed by atoms with van der Waals surface area (Å²) in [5.41, 5.74) is 4.30. The van der Waals surface area contributed by atoms with Crippen LogP contribution in [0.3, 0.4) is 0 Å². The number of carbonyl (C=O) groups excluding carboxylic acids is 3. The first-order valence-corrected chi connectivity index (χ1v) is 23.5. The summed E-state index contributed by atoms with van der Waals surface area (Å²) < 4.78 is 55.5. The number of hydrogen-bond donors (Lipinski definition) is 3. The first-order chi connectivity index (χ1) is 31.6. The van der Waals surface area contributed by atoms with E-state index in [1.165, 1.54) is 32.2 Å². The van der Waals surface area contributed by atoms with Crippen molar-refractivity contribution >= 4 is 23.7 Å². The highest BCUT2D eigenvalue weighted by molar-refractivity contribution is 5.84. The molecule has 372 valence electrons. The van der Waals surface area contributed by atoms with Crippen molar-refractivity contribution in [3.8, 4) is 17.0 Å². The molecule has 5 rings (SSSR count). The smallest absolute Gasteiger partial charge is 0.312 e. The summed E-state index contributed by atoms with van der Waals surface area (Å²) in [6.45, 7) is 16.8. The van der Waals surface area contributed by atoms with Crippen LogP contribution in [0.4, 0.5) is 10.3 Å². The predicted octanol–water partition coefficient (Wildman–Crippen LogP) is 5.62. The van der Waals surface area contributed by atoms with Gasteiger partial charge in [0.1, 0.15) is 35.7 Å². The molecule has 2 fully saturated rings. The number of esters is 2. The minimum Gasteiger partial charge on any atom is -0.489 e. The fourth-order valence-electron chi connectivity index (χ4n) is 10.1. The van der Waals surface area contributed by atoms with Gasteiger partial charge in [-0.05, 0) is 92.6 Å². The number of imidazole rings is 1. The lowest BCUT2D eigenvalue weighted by molar-refractivity contribution is -0.300. The Kier molecular flexibility index (Phi) is 18.4. The predicted molar refractivity (Wildman–Crippen MR) is 249 cm³/mol. The molecule has 1 aromatic carbocycles. The van der Waals surface area contributed by atoms with Crippen molar-refractivity contribution in [3.05, 3.63) is 55.0 Å². The lowest BCUT2D eigenvalue weighted by Gasteiger charge is -2.49. The number of nitrogens with one attached hydrogen (secondary N) is 1. The Hall–Kier alpha value is -4.59. The van der Waals surface area contributed by atoms with Gasteiger partial charge in [0.2, 0.25) is 5.95 Å². The van der Waals surface area contributed by atoms with Crippen LogP contribution < -0.4 is 15.8 Å². The summed E-state index contributed by atoms with van der Waals surface area (Å²) in [6, 6.07) is 4.49. The fraction of sp³-hybridized carbons (Fsp3) is 0.673. The van der Waals surface area contributed by atoms with E-state index in [1.54, 1.807) is 45.6 Å². The lowest BCUT2D eigenvalue weighted by atomic mass is 9.73. The number of methoxy groups -OCH3 is 1. The highest BCUT2D eigenvalue weighted by Gasteiger charge is 2.54. The molecule has 4 unspecified atom stereocenters. The van der Waals surface area contributed by atoms with Crippen LogP contribution in [0.2, 0.25) is 0 Å². The first kappa shape index (κ1) is 53.4. The molecular formula is C49H74FN7O10. The number of unbranched alkanes of at least 4 members (excludes halogenated alkanes) is 1. The Bertz CT molecular complexity index is 2090. The number of likely N-dealkylation sites (N-methyl/N-ethyl adjacent to an activating group) is 1. The van der Waals surface area contributed by atoms with E-state index in [0.29, 0.717) is 31.6 Å². The van der Waals surface area contributed by atoms with E-state index in [-0.39, 0.29) is 42.5 Å². The number of aromatic nitrogens is 4. The highest BCUT2D eigenvalue weighted by atomic mass is 19.1. The molecule has 18 heteroatoms. The molecule has 4 N–H and O–H groups in total. The maximum atomic E-state index is 15.0. The second-order valence-electron chi connectivity index (χ2n) is 19.2. The number of Topliss-reactive ketones (excluding diaryl/α,β-unsaturated/α-hetero) is 1. The SMILES string of the molecule is CC[C@H]1OC(=O)[C@H](C)C(Oc2cccc(F)c2)[C@H](C)C(OC2O[C@H](C)C[C@H](N(C)C)[C@H]2O)[C@](C)(OC)C[C@@H](C)C(=O)[C@H](C)C(NCCCCn2cnc(-c3cnc(N)nc3)c2)[C@]1(C)OC(C)=O. The third kappa shape index (κ3) is 12.9. The Labute approximate surface area is 395 Å². The van der Waals surface area contributed by atoms with Gasteiger partial charge in [0.25, 0.3) is 0 Å². The number of anilines is 1. The van der Waals surface area contributed by atoms with E-state index in [4.69, 9.17) is 34.2 Å². The topological polar surface area (TPSA) is 212 Å². The molecule has 0 bridgehead atoms. The lowest BCUT2D eigenvalue weighted by Crippen LogP contribution is -2.64. The summed E-state index contributed by atoms with van der Waals surface area (Å²) in [6.07, 6.45) is 3.63. The molecule has 4 heterocycles. The van der Waals surface area contributed by atoms with Gasteiger partial charge < -0.3 is 54.0 Å². The van der Waals surface area contributed by atoms with E-state index in [2.05, 4.69) is 20.3 Å². The molecule has 0 aliphatic carbocycles. The van der Waals surface area contributed by atoms with Crippen molar-refractivity contribution in [3.63, 3.8) is 0 Å². The number of halogens is 1. The summed E-state index contributed by atoms with van der Waals surface area (Å²) in [7, 11) is 5.29. The number of aliphatic hydroxyl groups is 1. The molecule has 0 saturated carbocycles. The van der Waals surface area contributed by atoms with Crippen molar-refractivity contribution in [2.75, 3.05) is 33.5 Å². The summed E-state index contributed by atoms with van der Waals surface area (Å²) in [5, 5.41) is 15.3. The first-order valence-electron chi connectivity index (χ1n) is 23.5. The number of hydrogen-bond acceptors (Lipinski definition) is 16. The number of nitrogen functional groups attached to an aromatic ring is 1. The number of carbonyl (C=O) groups is 3. The van der Waals surface area contributed by atoms with Gasteiger partial charge in [0, 0.05) is 74.6 Å². The minimum absolute atomic E-state index is 0.131. The standard InChI is InChI=1S/C49H74FN7O10/c1-13-39-49(9,67-33(7)58)43(52-19-14-15-20-57-26-37(55-27-57)34-24-53-47(51)54-25-34)30(4)40(59)28(2)23-48(8,62-12)44(66-46-41(60)38(56(10)11)21-29(3)63-46)31(5)42(32(6)45(61)65-39)64-36-18-16-17-35(50)22-36/h16-18,22,24-32,38-39,41-44,46,52,60H,13-15,19-21,23H2,1-12H3,(H2,51,53,54)/t28-,29-,30+,31+,32-,38+,39-,41-,42?,43?,44?,46?,48-,49-/m1/s1. The Balaban J connectivity index is 1.52. The largest absolute Gasteiger partial charge is 0.489 e. The van der Waals surface area contributed by atoms with Crippen LogP contribution in [0.15, 0.2) is 49.2 Å². The van der Waals surface area contributed by atoms with Gasteiger partial charge in [0.05, 0.1) is 41.8 Å². The minimum atomic E-state index is -1.54. The number of nitrogens with two attached hydrogens (primary N) is 1. The van der Waals surface area contributed by atoms with Crippen LogP contribution in [-0.4, -0.2) is 135 Å². The van der Waals surface area contributed by atoms with Gasteiger partial charge in [-0.25, -0.2) is 19.3 Å². The molecule has 2 saturated heterocycles. The quantitative estimate of drug-likeness (QED) is 0.125. The van der Waals surface area contributed by atoms with Crippen LogP contribution in [-0.2, 0) is 44.6 Å². The molecule has 2 aliphatic heterocycles. The average Bonchev–Trinajstić information content (AvgIpc) is 3.76. The third-order valence-electron chi connectivity index (χ3n) is 13.8. The molecule has 14 atom stereocenters. The number of benzene rings is 1. The molecule has 2 aromatic heterocycles. The van der Waals surface area contributed by atoms with E-state index >= 15 is 4.79 Å². The molecule has 2 aliphatic rings. The van der Waals surface area contributed by atoms with Crippen LogP contribution in [0.5, 0.6) is 5.75 Å². The molecular weight excluding hydrogens is 866 g/mol. The van der Waals surface area contributed by atoms with Crippen molar-refractivity contribution in [1.82, 2.24) is 29.7 Å². The highest BCUT2D eigenvalue weighted by Crippen LogP contribution is 2.41. The zero-order chi connectivity index (χ0) is 49.4. The number of rotatable bonds is 15. The van der Waals surface area contributed by atoms with Gasteiger partial charge in [-0.15, -0.1) is 0 Å². The number of ether oxygens (including phenoxy) is 6. The summed E-state index contributed by atoms with van der Waals surface area (Å²) in [5.74, 6) is -4.88. The Morgan fingerprint density at radius 1 is 1.07 bits per heavy atom. The van der Waals surface area contributed by atoms with Crippen LogP contribution in [0.1, 0.15) is 94.4 Å². The van der Waals surface area contributed by atoms with Gasteiger partial charge in [0.15, 0.2) is 11.9 Å². The van der Waals surface area contributed by atoms with Gasteiger partial charge >= 0.3 is 11.9 Å². The Morgan fingerprint density at radius 2 is 1.78 bits per heavy atom. The van der Waals surface area contributed by atoms with E-state index in [1.807, 2.05) is 64.4 Å².